The molecule has 0 aliphatic carbocycles. The van der Waals surface area contributed by atoms with Gasteiger partial charge in [0, 0.05) is 22.0 Å². The van der Waals surface area contributed by atoms with Crippen LogP contribution in [0.25, 0.3) is 0 Å². The fraction of sp³-hybridized carbons (Fsp3) is 0.105. The molecular formula is C19H15ClFNO3S2. The summed E-state index contributed by atoms with van der Waals surface area (Å²) >= 11 is 7.15. The van der Waals surface area contributed by atoms with Crippen LogP contribution in [0.1, 0.15) is 20.5 Å². The van der Waals surface area contributed by atoms with E-state index in [1.165, 1.54) is 59.9 Å². The third-order valence-electron chi connectivity index (χ3n) is 3.93. The highest BCUT2D eigenvalue weighted by molar-refractivity contribution is 7.91. The van der Waals surface area contributed by atoms with Gasteiger partial charge in [-0.2, -0.15) is 0 Å². The quantitative estimate of drug-likeness (QED) is 0.635. The molecule has 27 heavy (non-hydrogen) atoms. The summed E-state index contributed by atoms with van der Waals surface area (Å²) in [7, 11) is -3.75. The molecule has 3 rings (SSSR count). The van der Waals surface area contributed by atoms with Crippen molar-refractivity contribution in [3.05, 3.63) is 87.3 Å². The van der Waals surface area contributed by atoms with Gasteiger partial charge in [-0.05, 0) is 60.0 Å². The number of thiophene rings is 1. The number of sulfone groups is 1. The third kappa shape index (κ3) is 4.55. The zero-order valence-electron chi connectivity index (χ0n) is 13.9. The smallest absolute Gasteiger partial charge is 0.251 e. The van der Waals surface area contributed by atoms with Crippen LogP contribution in [0.5, 0.6) is 0 Å². The summed E-state index contributed by atoms with van der Waals surface area (Å²) in [4.78, 5) is 13.0. The van der Waals surface area contributed by atoms with Crippen molar-refractivity contribution in [2.45, 2.75) is 10.1 Å². The lowest BCUT2D eigenvalue weighted by molar-refractivity contribution is 0.0953. The number of benzene rings is 2. The number of carbonyl (C=O) groups excluding carboxylic acids is 1. The Labute approximate surface area is 165 Å². The Bertz CT molecular complexity index is 1020. The highest BCUT2D eigenvalue weighted by Crippen LogP contribution is 2.32. The molecule has 140 valence electrons. The molecule has 0 radical (unpaired) electrons. The number of hydrogen-bond donors (Lipinski definition) is 1. The minimum atomic E-state index is -3.75. The molecule has 4 nitrogen and oxygen atoms in total. The number of nitrogens with one attached hydrogen (secondary N) is 1. The summed E-state index contributed by atoms with van der Waals surface area (Å²) in [5.74, 6) is -0.920. The second-order valence-corrected chi connectivity index (χ2v) is 9.27. The molecular weight excluding hydrogens is 409 g/mol. The van der Waals surface area contributed by atoms with Crippen LogP contribution in [0.2, 0.25) is 5.02 Å². The predicted molar refractivity (Wildman–Crippen MR) is 104 cm³/mol. The molecule has 1 amide bonds. The molecule has 0 bridgehead atoms. The molecule has 0 aliphatic rings. The van der Waals surface area contributed by atoms with Crippen molar-refractivity contribution >= 4 is 38.7 Å². The van der Waals surface area contributed by atoms with Crippen molar-refractivity contribution in [2.24, 2.45) is 0 Å². The molecule has 1 heterocycles. The maximum absolute atomic E-state index is 13.1. The lowest BCUT2D eigenvalue weighted by Crippen LogP contribution is -2.31. The lowest BCUT2D eigenvalue weighted by Gasteiger charge is -2.17. The van der Waals surface area contributed by atoms with E-state index < -0.39 is 26.8 Å². The normalized spacial score (nSPS) is 12.5. The maximum Gasteiger partial charge on any atom is 0.251 e. The van der Waals surface area contributed by atoms with Crippen LogP contribution in [-0.2, 0) is 9.84 Å². The average molecular weight is 424 g/mol. The summed E-state index contributed by atoms with van der Waals surface area (Å²) in [6, 6.07) is 14.4. The van der Waals surface area contributed by atoms with Gasteiger partial charge >= 0.3 is 0 Å². The first-order valence-corrected chi connectivity index (χ1v) is 10.7. The van der Waals surface area contributed by atoms with E-state index in [9.17, 15) is 17.6 Å². The van der Waals surface area contributed by atoms with Gasteiger partial charge in [0.2, 0.25) is 0 Å². The molecule has 0 saturated heterocycles. The van der Waals surface area contributed by atoms with Crippen LogP contribution >= 0.6 is 22.9 Å². The Balaban J connectivity index is 1.85. The topological polar surface area (TPSA) is 63.2 Å². The van der Waals surface area contributed by atoms with Crippen LogP contribution in [0.4, 0.5) is 4.39 Å². The summed E-state index contributed by atoms with van der Waals surface area (Å²) in [5, 5.41) is 3.91. The Morgan fingerprint density at radius 2 is 1.74 bits per heavy atom. The highest BCUT2D eigenvalue weighted by Gasteiger charge is 2.30. The van der Waals surface area contributed by atoms with E-state index in [0.717, 1.165) is 0 Å². The first-order valence-electron chi connectivity index (χ1n) is 7.94. The number of halogens is 2. The molecule has 0 saturated carbocycles. The second kappa shape index (κ2) is 8.21. The molecule has 0 fully saturated rings. The molecule has 0 aliphatic heterocycles. The SMILES string of the molecule is O=C(NC[C@@H](c1cccs1)S(=O)(=O)c1ccc(Cl)cc1)c1ccc(F)cc1. The number of carbonyl (C=O) groups is 1. The van der Waals surface area contributed by atoms with Crippen molar-refractivity contribution in [3.8, 4) is 0 Å². The van der Waals surface area contributed by atoms with Crippen LogP contribution in [0.3, 0.4) is 0 Å². The number of rotatable bonds is 6. The zero-order valence-corrected chi connectivity index (χ0v) is 16.3. The van der Waals surface area contributed by atoms with E-state index in [-0.39, 0.29) is 17.0 Å². The van der Waals surface area contributed by atoms with Crippen molar-refractivity contribution in [1.29, 1.82) is 0 Å². The maximum atomic E-state index is 13.1. The van der Waals surface area contributed by atoms with E-state index in [1.807, 2.05) is 0 Å². The summed E-state index contributed by atoms with van der Waals surface area (Å²) in [6.45, 7) is -0.109. The fourth-order valence-electron chi connectivity index (χ4n) is 2.51. The summed E-state index contributed by atoms with van der Waals surface area (Å²) in [5.41, 5.74) is 0.255. The Morgan fingerprint density at radius 1 is 1.07 bits per heavy atom. The molecule has 1 aromatic heterocycles. The van der Waals surface area contributed by atoms with E-state index in [2.05, 4.69) is 5.32 Å². The van der Waals surface area contributed by atoms with Crippen LogP contribution < -0.4 is 5.32 Å². The molecule has 8 heteroatoms. The Kier molecular flexibility index (Phi) is 5.94. The van der Waals surface area contributed by atoms with Gasteiger partial charge in [-0.1, -0.05) is 17.7 Å². The summed E-state index contributed by atoms with van der Waals surface area (Å²) in [6.07, 6.45) is 0. The average Bonchev–Trinajstić information content (AvgIpc) is 3.16. The van der Waals surface area contributed by atoms with Gasteiger partial charge < -0.3 is 5.32 Å². The van der Waals surface area contributed by atoms with E-state index >= 15 is 0 Å². The van der Waals surface area contributed by atoms with Crippen molar-refractivity contribution in [3.63, 3.8) is 0 Å². The van der Waals surface area contributed by atoms with Gasteiger partial charge in [0.1, 0.15) is 11.1 Å². The highest BCUT2D eigenvalue weighted by atomic mass is 35.5. The molecule has 0 unspecified atom stereocenters. The van der Waals surface area contributed by atoms with Crippen LogP contribution in [0.15, 0.2) is 70.9 Å². The molecule has 1 atom stereocenters. The summed E-state index contributed by atoms with van der Waals surface area (Å²) < 4.78 is 39.2. The van der Waals surface area contributed by atoms with Gasteiger partial charge in [-0.25, -0.2) is 12.8 Å². The Morgan fingerprint density at radius 3 is 2.33 bits per heavy atom. The number of hydrogen-bond acceptors (Lipinski definition) is 4. The van der Waals surface area contributed by atoms with Crippen LogP contribution in [-0.4, -0.2) is 20.9 Å². The second-order valence-electron chi connectivity index (χ2n) is 5.72. The van der Waals surface area contributed by atoms with E-state index in [4.69, 9.17) is 11.6 Å². The minimum absolute atomic E-state index is 0.109. The molecule has 2 aromatic carbocycles. The monoisotopic (exact) mass is 423 g/mol. The predicted octanol–water partition coefficient (Wildman–Crippen LogP) is 4.49. The lowest BCUT2D eigenvalue weighted by atomic mass is 10.2. The van der Waals surface area contributed by atoms with Crippen LogP contribution in [0, 0.1) is 5.82 Å². The molecule has 1 N–H and O–H groups in total. The molecule has 0 spiro atoms. The first kappa shape index (κ1) is 19.5. The third-order valence-corrected chi connectivity index (χ3v) is 7.42. The standard InChI is InChI=1S/C19H15ClFNO3S2/c20-14-5-9-16(10-6-14)27(24,25)18(17-2-1-11-26-17)12-22-19(23)13-3-7-15(21)8-4-13/h1-11,18H,12H2,(H,22,23)/t18-/m0/s1. The van der Waals surface area contributed by atoms with Crippen molar-refractivity contribution in [2.75, 3.05) is 6.54 Å². The van der Waals surface area contributed by atoms with Gasteiger partial charge in [0.05, 0.1) is 4.90 Å². The number of amides is 1. The Hall–Kier alpha value is -2.22. The minimum Gasteiger partial charge on any atom is -0.350 e. The van der Waals surface area contributed by atoms with E-state index in [1.54, 1.807) is 17.5 Å². The van der Waals surface area contributed by atoms with Crippen molar-refractivity contribution < 1.29 is 17.6 Å². The zero-order chi connectivity index (χ0) is 19.4. The van der Waals surface area contributed by atoms with Gasteiger partial charge in [-0.3, -0.25) is 4.79 Å². The fourth-order valence-corrected chi connectivity index (χ4v) is 5.43. The van der Waals surface area contributed by atoms with Gasteiger partial charge in [0.25, 0.3) is 5.91 Å². The largest absolute Gasteiger partial charge is 0.350 e. The first-order chi connectivity index (χ1) is 12.9. The van der Waals surface area contributed by atoms with E-state index in [0.29, 0.717) is 9.90 Å². The van der Waals surface area contributed by atoms with Gasteiger partial charge in [-0.15, -0.1) is 11.3 Å². The molecule has 3 aromatic rings. The van der Waals surface area contributed by atoms with Crippen molar-refractivity contribution in [1.82, 2.24) is 5.32 Å². The van der Waals surface area contributed by atoms with Gasteiger partial charge in [0.15, 0.2) is 9.84 Å².